The van der Waals surface area contributed by atoms with Crippen molar-refractivity contribution in [2.75, 3.05) is 6.61 Å². The maximum absolute atomic E-state index is 12.6. The van der Waals surface area contributed by atoms with Crippen molar-refractivity contribution in [3.8, 4) is 0 Å². The van der Waals surface area contributed by atoms with Gasteiger partial charge in [0.25, 0.3) is 0 Å². The van der Waals surface area contributed by atoms with Gasteiger partial charge in [-0.05, 0) is 43.3 Å². The Morgan fingerprint density at radius 2 is 1.89 bits per heavy atom. The Labute approximate surface area is 169 Å². The summed E-state index contributed by atoms with van der Waals surface area (Å²) in [6.07, 6.45) is 0. The van der Waals surface area contributed by atoms with Gasteiger partial charge in [0.2, 0.25) is 10.0 Å². The van der Waals surface area contributed by atoms with Gasteiger partial charge in [-0.3, -0.25) is 9.59 Å². The lowest BCUT2D eigenvalue weighted by Gasteiger charge is -2.13. The molecule has 146 valence electrons. The van der Waals surface area contributed by atoms with E-state index in [2.05, 4.69) is 13.5 Å². The molecular formula is C17H14ClN3O5S2. The van der Waals surface area contributed by atoms with E-state index >= 15 is 0 Å². The van der Waals surface area contributed by atoms with Gasteiger partial charge in [-0.15, -0.1) is 0 Å². The summed E-state index contributed by atoms with van der Waals surface area (Å²) in [6, 6.07) is 9.44. The van der Waals surface area contributed by atoms with Gasteiger partial charge in [0.05, 0.1) is 11.7 Å². The number of esters is 1. The van der Waals surface area contributed by atoms with Crippen LogP contribution in [0.25, 0.3) is 11.0 Å². The Kier molecular flexibility index (Phi) is 6.04. The first kappa shape index (κ1) is 20.3. The minimum Gasteiger partial charge on any atom is -0.456 e. The monoisotopic (exact) mass is 439 g/mol. The van der Waals surface area contributed by atoms with Crippen LogP contribution in [0.1, 0.15) is 17.3 Å². The highest BCUT2D eigenvalue weighted by molar-refractivity contribution is 7.89. The van der Waals surface area contributed by atoms with Crippen LogP contribution in [0.5, 0.6) is 0 Å². The molecule has 0 fully saturated rings. The van der Waals surface area contributed by atoms with E-state index in [4.69, 9.17) is 16.3 Å². The molecule has 0 aliphatic rings. The van der Waals surface area contributed by atoms with Gasteiger partial charge in [0.1, 0.15) is 22.0 Å². The fourth-order valence-corrected chi connectivity index (χ4v) is 4.41. The fraction of sp³-hybridized carbons (Fsp3) is 0.176. The van der Waals surface area contributed by atoms with E-state index < -0.39 is 34.4 Å². The molecule has 0 unspecified atom stereocenters. The Hall–Kier alpha value is -2.40. The van der Waals surface area contributed by atoms with Crippen LogP contribution in [0, 0.1) is 0 Å². The number of ether oxygens (including phenoxy) is 1. The lowest BCUT2D eigenvalue weighted by Crippen LogP contribution is -2.40. The predicted molar refractivity (Wildman–Crippen MR) is 104 cm³/mol. The van der Waals surface area contributed by atoms with Crippen molar-refractivity contribution >= 4 is 56.1 Å². The van der Waals surface area contributed by atoms with Crippen molar-refractivity contribution in [2.24, 2.45) is 0 Å². The first-order valence-electron chi connectivity index (χ1n) is 7.97. The molecule has 0 spiro atoms. The third-order valence-electron chi connectivity index (χ3n) is 3.74. The molecule has 0 saturated heterocycles. The summed E-state index contributed by atoms with van der Waals surface area (Å²) >= 11 is 6.65. The molecule has 3 rings (SSSR count). The van der Waals surface area contributed by atoms with Crippen molar-refractivity contribution in [1.82, 2.24) is 13.5 Å². The van der Waals surface area contributed by atoms with E-state index in [0.29, 0.717) is 16.1 Å². The first-order valence-corrected chi connectivity index (χ1v) is 10.6. The second kappa shape index (κ2) is 8.31. The minimum absolute atomic E-state index is 0.0874. The molecule has 1 atom stereocenters. The molecule has 0 aliphatic heterocycles. The normalized spacial score (nSPS) is 12.6. The summed E-state index contributed by atoms with van der Waals surface area (Å²) in [5.41, 5.74) is 0.989. The number of aromatic nitrogens is 2. The maximum atomic E-state index is 12.6. The number of hydrogen-bond donors (Lipinski definition) is 1. The quantitative estimate of drug-likeness (QED) is 0.444. The molecule has 11 heteroatoms. The molecule has 28 heavy (non-hydrogen) atoms. The summed E-state index contributed by atoms with van der Waals surface area (Å²) in [6.45, 7) is 0.810. The maximum Gasteiger partial charge on any atom is 0.324 e. The number of nitrogens with one attached hydrogen (secondary N) is 1. The van der Waals surface area contributed by atoms with Crippen molar-refractivity contribution in [2.45, 2.75) is 17.9 Å². The van der Waals surface area contributed by atoms with Crippen molar-refractivity contribution in [3.63, 3.8) is 0 Å². The molecule has 0 radical (unpaired) electrons. The smallest absolute Gasteiger partial charge is 0.324 e. The van der Waals surface area contributed by atoms with Crippen LogP contribution < -0.4 is 4.72 Å². The van der Waals surface area contributed by atoms with Crippen molar-refractivity contribution < 1.29 is 22.7 Å². The molecule has 1 aromatic heterocycles. The number of rotatable bonds is 7. The third kappa shape index (κ3) is 4.53. The van der Waals surface area contributed by atoms with Crippen LogP contribution in [-0.2, 0) is 19.6 Å². The van der Waals surface area contributed by atoms with Gasteiger partial charge in [0, 0.05) is 10.6 Å². The standard InChI is InChI=1S/C17H14ClN3O5S2/c1-10(17(23)26-9-14(22)11-5-7-12(18)8-6-11)21-28(24,25)15-4-2-3-13-16(15)20-27-19-13/h2-8,10,21H,9H2,1H3/t10-/m1/s1. The summed E-state index contributed by atoms with van der Waals surface area (Å²) in [4.78, 5) is 24.1. The van der Waals surface area contributed by atoms with Gasteiger partial charge in [-0.1, -0.05) is 17.7 Å². The summed E-state index contributed by atoms with van der Waals surface area (Å²) < 4.78 is 40.3. The zero-order chi connectivity index (χ0) is 20.3. The average Bonchev–Trinajstić information content (AvgIpc) is 3.14. The molecule has 1 heterocycles. The molecule has 1 N–H and O–H groups in total. The Bertz CT molecular complexity index is 1130. The van der Waals surface area contributed by atoms with Crippen LogP contribution in [0.2, 0.25) is 5.02 Å². The molecule has 8 nitrogen and oxygen atoms in total. The van der Waals surface area contributed by atoms with Crippen LogP contribution >= 0.6 is 23.3 Å². The second-order valence-electron chi connectivity index (χ2n) is 5.77. The number of fused-ring (bicyclic) bond motifs is 1. The van der Waals surface area contributed by atoms with E-state index in [0.717, 1.165) is 11.7 Å². The van der Waals surface area contributed by atoms with Gasteiger partial charge < -0.3 is 4.74 Å². The molecule has 2 aromatic carbocycles. The van der Waals surface area contributed by atoms with Gasteiger partial charge in [-0.25, -0.2) is 8.42 Å². The van der Waals surface area contributed by atoms with Gasteiger partial charge >= 0.3 is 5.97 Å². The molecule has 0 saturated carbocycles. The lowest BCUT2D eigenvalue weighted by molar-refractivity contribution is -0.144. The van der Waals surface area contributed by atoms with E-state index in [1.54, 1.807) is 18.2 Å². The highest BCUT2D eigenvalue weighted by Gasteiger charge is 2.26. The average molecular weight is 440 g/mol. The van der Waals surface area contributed by atoms with Crippen LogP contribution in [0.3, 0.4) is 0 Å². The van der Waals surface area contributed by atoms with E-state index in [-0.39, 0.29) is 10.4 Å². The predicted octanol–water partition coefficient (Wildman–Crippen LogP) is 2.44. The number of Topliss-reactive ketones (excluding diaryl/α,β-unsaturated/α-hetero) is 1. The van der Waals surface area contributed by atoms with E-state index in [1.807, 2.05) is 0 Å². The topological polar surface area (TPSA) is 115 Å². The Morgan fingerprint density at radius 3 is 2.61 bits per heavy atom. The second-order valence-corrected chi connectivity index (χ2v) is 8.42. The highest BCUT2D eigenvalue weighted by Crippen LogP contribution is 2.21. The van der Waals surface area contributed by atoms with Gasteiger partial charge in [-0.2, -0.15) is 13.5 Å². The number of hydrogen-bond acceptors (Lipinski definition) is 8. The van der Waals surface area contributed by atoms with Crippen molar-refractivity contribution in [1.29, 1.82) is 0 Å². The highest BCUT2D eigenvalue weighted by atomic mass is 35.5. The van der Waals surface area contributed by atoms with E-state index in [9.17, 15) is 18.0 Å². The van der Waals surface area contributed by atoms with Gasteiger partial charge in [0.15, 0.2) is 12.4 Å². The minimum atomic E-state index is -4.04. The molecule has 0 amide bonds. The first-order chi connectivity index (χ1) is 13.3. The summed E-state index contributed by atoms with van der Waals surface area (Å²) in [5, 5.41) is 0.474. The fourth-order valence-electron chi connectivity index (χ4n) is 2.32. The lowest BCUT2D eigenvalue weighted by atomic mass is 10.1. The molecule has 0 bridgehead atoms. The van der Waals surface area contributed by atoms with Crippen LogP contribution in [0.15, 0.2) is 47.4 Å². The zero-order valence-corrected chi connectivity index (χ0v) is 16.8. The largest absolute Gasteiger partial charge is 0.456 e. The molecule has 3 aromatic rings. The number of carbonyl (C=O) groups is 2. The Balaban J connectivity index is 1.64. The number of sulfonamides is 1. The number of benzene rings is 2. The van der Waals surface area contributed by atoms with Crippen LogP contribution in [-0.4, -0.2) is 41.6 Å². The Morgan fingerprint density at radius 1 is 1.18 bits per heavy atom. The summed E-state index contributed by atoms with van der Waals surface area (Å²) in [7, 11) is -4.04. The number of ketones is 1. The SMILES string of the molecule is C[C@@H](NS(=O)(=O)c1cccc2nsnc12)C(=O)OCC(=O)c1ccc(Cl)cc1. The van der Waals surface area contributed by atoms with E-state index in [1.165, 1.54) is 31.2 Å². The number of nitrogens with zero attached hydrogens (tertiary/aromatic N) is 2. The molecule has 0 aliphatic carbocycles. The molecular weight excluding hydrogens is 426 g/mol. The van der Waals surface area contributed by atoms with Crippen LogP contribution in [0.4, 0.5) is 0 Å². The van der Waals surface area contributed by atoms with Crippen molar-refractivity contribution in [3.05, 3.63) is 53.1 Å². The number of carbonyl (C=O) groups excluding carboxylic acids is 2. The zero-order valence-electron chi connectivity index (χ0n) is 14.5. The number of halogens is 1. The third-order valence-corrected chi connectivity index (χ3v) is 6.10. The summed E-state index contributed by atoms with van der Waals surface area (Å²) in [5.74, 6) is -1.31.